The molecule has 3 rings (SSSR count). The second kappa shape index (κ2) is 11.6. The van der Waals surface area contributed by atoms with Crippen LogP contribution in [0.25, 0.3) is 0 Å². The molecular weight excluding hydrogens is 506 g/mol. The van der Waals surface area contributed by atoms with Gasteiger partial charge in [0.1, 0.15) is 5.75 Å². The highest BCUT2D eigenvalue weighted by Gasteiger charge is 2.31. The lowest BCUT2D eigenvalue weighted by atomic mass is 9.84. The number of benzene rings is 2. The number of methoxy groups -OCH3 is 1. The SMILES string of the molecule is CNC(=O)c1cc2c(cc1N(C)C)CN(CC(=O)c1cc(N(C)CCO)c(OC)c(C(C)(C)C)c1)/C2=N\Cl. The Morgan fingerprint density at radius 3 is 2.37 bits per heavy atom. The Labute approximate surface area is 230 Å². The van der Waals surface area contributed by atoms with Crippen LogP contribution in [-0.2, 0) is 12.0 Å². The number of aliphatic hydroxyl groups is 1. The van der Waals surface area contributed by atoms with Crippen LogP contribution in [0.4, 0.5) is 11.4 Å². The molecule has 0 fully saturated rings. The van der Waals surface area contributed by atoms with Crippen LogP contribution in [0.3, 0.4) is 0 Å². The number of ether oxygens (including phenoxy) is 1. The molecule has 0 atom stereocenters. The molecule has 10 heteroatoms. The molecule has 0 unspecified atom stereocenters. The lowest BCUT2D eigenvalue weighted by molar-refractivity contribution is 0.0955. The van der Waals surface area contributed by atoms with Crippen molar-refractivity contribution in [1.29, 1.82) is 0 Å². The maximum absolute atomic E-state index is 13.7. The highest BCUT2D eigenvalue weighted by molar-refractivity contribution is 6.23. The molecule has 2 N–H and O–H groups in total. The van der Waals surface area contributed by atoms with Crippen molar-refractivity contribution in [1.82, 2.24) is 10.2 Å². The third-order valence-electron chi connectivity index (χ3n) is 6.74. The van der Waals surface area contributed by atoms with Gasteiger partial charge in [-0.1, -0.05) is 20.8 Å². The van der Waals surface area contributed by atoms with E-state index in [2.05, 4.69) is 30.6 Å². The maximum Gasteiger partial charge on any atom is 0.253 e. The van der Waals surface area contributed by atoms with Crippen LogP contribution in [0.2, 0.25) is 0 Å². The van der Waals surface area contributed by atoms with Crippen LogP contribution < -0.4 is 19.9 Å². The monoisotopic (exact) mass is 543 g/mol. The average Bonchev–Trinajstić information content (AvgIpc) is 3.21. The number of nitrogens with one attached hydrogen (secondary N) is 1. The van der Waals surface area contributed by atoms with E-state index in [4.69, 9.17) is 16.5 Å². The van der Waals surface area contributed by atoms with Crippen molar-refractivity contribution in [2.75, 3.05) is 64.8 Å². The summed E-state index contributed by atoms with van der Waals surface area (Å²) in [6, 6.07) is 7.41. The van der Waals surface area contributed by atoms with Crippen molar-refractivity contribution in [3.8, 4) is 5.75 Å². The van der Waals surface area contributed by atoms with Gasteiger partial charge in [0.2, 0.25) is 0 Å². The second-order valence-corrected chi connectivity index (χ2v) is 10.8. The highest BCUT2D eigenvalue weighted by atomic mass is 35.5. The van der Waals surface area contributed by atoms with Gasteiger partial charge in [0.05, 0.1) is 31.5 Å². The van der Waals surface area contributed by atoms with Gasteiger partial charge in [0, 0.05) is 75.4 Å². The van der Waals surface area contributed by atoms with E-state index in [0.717, 1.165) is 28.1 Å². The number of carbonyl (C=O) groups is 2. The summed E-state index contributed by atoms with van der Waals surface area (Å²) in [7, 11) is 8.81. The van der Waals surface area contributed by atoms with E-state index in [1.807, 2.05) is 48.0 Å². The molecule has 0 radical (unpaired) electrons. The standard InChI is InChI=1S/C28H38ClN5O4/c1-28(2,3)21-11-17(12-23(25(21)38-8)33(7)9-10-35)24(36)16-34-15-18-13-22(32(5)6)20(27(37)30-4)14-19(18)26(34)31-29/h11-14,35H,9-10,15-16H2,1-8H3,(H,30,37)/b31-26-. The number of rotatable bonds is 9. The Morgan fingerprint density at radius 2 is 1.84 bits per heavy atom. The van der Waals surface area contributed by atoms with E-state index < -0.39 is 0 Å². The number of anilines is 2. The highest BCUT2D eigenvalue weighted by Crippen LogP contribution is 2.40. The number of fused-ring (bicyclic) bond motifs is 1. The van der Waals surface area contributed by atoms with Crippen LogP contribution in [0.15, 0.2) is 28.8 Å². The summed E-state index contributed by atoms with van der Waals surface area (Å²) in [6.07, 6.45) is 0. The van der Waals surface area contributed by atoms with Crippen molar-refractivity contribution >= 4 is 40.7 Å². The number of Topliss-reactive ketones (excluding diaryl/α,β-unsaturated/α-hetero) is 1. The van der Waals surface area contributed by atoms with Crippen LogP contribution >= 0.6 is 11.8 Å². The van der Waals surface area contributed by atoms with Crippen molar-refractivity contribution in [2.24, 2.45) is 4.51 Å². The van der Waals surface area contributed by atoms with Crippen molar-refractivity contribution < 1.29 is 19.4 Å². The number of amidine groups is 1. The quantitative estimate of drug-likeness (QED) is 0.467. The largest absolute Gasteiger partial charge is 0.494 e. The average molecular weight is 544 g/mol. The number of likely N-dealkylation sites (N-methyl/N-ethyl adjacent to an activating group) is 1. The summed E-state index contributed by atoms with van der Waals surface area (Å²) < 4.78 is 9.74. The predicted molar refractivity (Wildman–Crippen MR) is 153 cm³/mol. The molecule has 206 valence electrons. The van der Waals surface area contributed by atoms with Gasteiger partial charge in [0.15, 0.2) is 11.6 Å². The lowest BCUT2D eigenvalue weighted by Gasteiger charge is -2.29. The first-order chi connectivity index (χ1) is 17.9. The zero-order chi connectivity index (χ0) is 28.4. The predicted octanol–water partition coefficient (Wildman–Crippen LogP) is 3.45. The van der Waals surface area contributed by atoms with Gasteiger partial charge in [-0.25, -0.2) is 0 Å². The van der Waals surface area contributed by atoms with Gasteiger partial charge in [0.25, 0.3) is 5.91 Å². The Hall–Kier alpha value is -3.30. The number of ketones is 1. The number of carbonyl (C=O) groups excluding carboxylic acids is 2. The van der Waals surface area contributed by atoms with Gasteiger partial charge in [-0.3, -0.25) is 9.59 Å². The minimum atomic E-state index is -0.290. The summed E-state index contributed by atoms with van der Waals surface area (Å²) in [6.45, 7) is 7.04. The summed E-state index contributed by atoms with van der Waals surface area (Å²) in [4.78, 5) is 31.9. The van der Waals surface area contributed by atoms with Crippen LogP contribution in [0, 0.1) is 0 Å². The molecule has 9 nitrogen and oxygen atoms in total. The number of halogens is 1. The van der Waals surface area contributed by atoms with Crippen molar-refractivity contribution in [3.05, 3.63) is 52.1 Å². The first kappa shape index (κ1) is 29.3. The fourth-order valence-corrected chi connectivity index (χ4v) is 4.90. The molecule has 1 heterocycles. The Kier molecular flexibility index (Phi) is 8.94. The Bertz CT molecular complexity index is 1250. The fourth-order valence-electron chi connectivity index (χ4n) is 4.70. The fraction of sp³-hybridized carbons (Fsp3) is 0.464. The molecule has 0 spiro atoms. The number of hydrogen-bond donors (Lipinski definition) is 2. The van der Waals surface area contributed by atoms with Gasteiger partial charge < -0.3 is 29.9 Å². The lowest BCUT2D eigenvalue weighted by Crippen LogP contribution is -2.31. The minimum Gasteiger partial charge on any atom is -0.494 e. The molecule has 0 saturated carbocycles. The summed E-state index contributed by atoms with van der Waals surface area (Å²) in [5.41, 5.74) is 4.80. The van der Waals surface area contributed by atoms with Crippen molar-refractivity contribution in [3.63, 3.8) is 0 Å². The zero-order valence-corrected chi connectivity index (χ0v) is 24.2. The van der Waals surface area contributed by atoms with E-state index in [1.165, 1.54) is 0 Å². The summed E-state index contributed by atoms with van der Waals surface area (Å²) in [5, 5.41) is 12.2. The maximum atomic E-state index is 13.7. The number of hydrogen-bond acceptors (Lipinski definition) is 7. The molecule has 38 heavy (non-hydrogen) atoms. The number of aliphatic hydroxyl groups excluding tert-OH is 1. The number of nitrogens with zero attached hydrogens (tertiary/aromatic N) is 4. The molecule has 1 aliphatic heterocycles. The molecule has 0 aliphatic carbocycles. The van der Waals surface area contributed by atoms with Gasteiger partial charge in [-0.15, -0.1) is 0 Å². The van der Waals surface area contributed by atoms with Gasteiger partial charge in [-0.2, -0.15) is 4.51 Å². The summed E-state index contributed by atoms with van der Waals surface area (Å²) >= 11 is 6.03. The van der Waals surface area contributed by atoms with Gasteiger partial charge >= 0.3 is 0 Å². The molecule has 0 saturated heterocycles. The molecule has 2 aromatic rings. The van der Waals surface area contributed by atoms with E-state index in [9.17, 15) is 14.7 Å². The van der Waals surface area contributed by atoms with E-state index in [1.54, 1.807) is 26.3 Å². The zero-order valence-electron chi connectivity index (χ0n) is 23.5. The molecule has 1 amide bonds. The van der Waals surface area contributed by atoms with Crippen molar-refractivity contribution in [2.45, 2.75) is 32.7 Å². The third-order valence-corrected chi connectivity index (χ3v) is 6.90. The topological polar surface area (TPSA) is 97.7 Å². The van der Waals surface area contributed by atoms with Crippen LogP contribution in [0.1, 0.15) is 58.2 Å². The van der Waals surface area contributed by atoms with Crippen LogP contribution in [0.5, 0.6) is 5.75 Å². The summed E-state index contributed by atoms with van der Waals surface area (Å²) in [5.74, 6) is 0.807. The third kappa shape index (κ3) is 5.73. The molecule has 2 aromatic carbocycles. The Balaban J connectivity index is 2.02. The normalized spacial score (nSPS) is 13.9. The smallest absolute Gasteiger partial charge is 0.253 e. The van der Waals surface area contributed by atoms with Crippen LogP contribution in [-0.4, -0.2) is 82.5 Å². The minimum absolute atomic E-state index is 0.0305. The second-order valence-electron chi connectivity index (χ2n) is 10.7. The molecule has 0 bridgehead atoms. The number of amides is 1. The van der Waals surface area contributed by atoms with E-state index in [0.29, 0.717) is 35.8 Å². The molecule has 1 aliphatic rings. The van der Waals surface area contributed by atoms with Gasteiger partial charge in [-0.05, 0) is 35.2 Å². The molecule has 0 aromatic heterocycles. The first-order valence-electron chi connectivity index (χ1n) is 12.5. The Morgan fingerprint density at radius 1 is 1.16 bits per heavy atom. The first-order valence-corrected chi connectivity index (χ1v) is 12.8. The van der Waals surface area contributed by atoms with E-state index in [-0.39, 0.29) is 30.3 Å². The molecular formula is C28H38ClN5O4. The van der Waals surface area contributed by atoms with E-state index >= 15 is 0 Å².